The summed E-state index contributed by atoms with van der Waals surface area (Å²) in [6.07, 6.45) is 2.96. The predicted molar refractivity (Wildman–Crippen MR) is 165 cm³/mol. The van der Waals surface area contributed by atoms with Gasteiger partial charge in [-0.25, -0.2) is 4.39 Å². The Kier molecular flexibility index (Phi) is 9.53. The number of aromatic nitrogens is 2. The van der Waals surface area contributed by atoms with E-state index in [4.69, 9.17) is 9.47 Å². The fourth-order valence-electron chi connectivity index (χ4n) is 4.55. The fourth-order valence-corrected chi connectivity index (χ4v) is 6.40. The molecule has 5 rings (SSSR count). The average Bonchev–Trinajstić information content (AvgIpc) is 3.59. The van der Waals surface area contributed by atoms with Gasteiger partial charge in [-0.05, 0) is 54.8 Å². The van der Waals surface area contributed by atoms with Crippen LogP contribution in [0.15, 0.2) is 94.5 Å². The van der Waals surface area contributed by atoms with Gasteiger partial charge in [-0.15, -0.1) is 10.2 Å². The first-order chi connectivity index (χ1) is 20.9. The summed E-state index contributed by atoms with van der Waals surface area (Å²) in [6, 6.07) is 19.8. The lowest BCUT2D eigenvalue weighted by molar-refractivity contribution is -0.117. The summed E-state index contributed by atoms with van der Waals surface area (Å²) in [5.41, 5.74) is 1.71. The molecule has 0 aliphatic carbocycles. The summed E-state index contributed by atoms with van der Waals surface area (Å²) >= 11 is 2.38. The minimum atomic E-state index is -1.02. The predicted octanol–water partition coefficient (Wildman–Crippen LogP) is 6.95. The zero-order valence-electron chi connectivity index (χ0n) is 23.4. The Bertz CT molecular complexity index is 1690. The SMILES string of the molecule is CCOc1ccc(C2C(C(=O)C=Cc3ccccc3)=C(O)C(=O)N2c2nnc(SCc3ccccc3F)s2)cc1OCC. The number of allylic oxidation sites excluding steroid dienone is 1. The molecule has 0 radical (unpaired) electrons. The van der Waals surface area contributed by atoms with E-state index < -0.39 is 23.5 Å². The largest absolute Gasteiger partial charge is 0.503 e. The maximum Gasteiger partial charge on any atom is 0.296 e. The number of ether oxygens (including phenoxy) is 2. The third kappa shape index (κ3) is 6.63. The number of nitrogens with zero attached hydrogens (tertiary/aromatic N) is 3. The molecule has 1 aliphatic heterocycles. The van der Waals surface area contributed by atoms with E-state index in [9.17, 15) is 19.1 Å². The number of aliphatic hydroxyl groups excluding tert-OH is 1. The van der Waals surface area contributed by atoms with E-state index in [1.54, 1.807) is 42.5 Å². The molecular weight excluding hydrogens is 590 g/mol. The molecule has 1 unspecified atom stereocenters. The lowest BCUT2D eigenvalue weighted by Gasteiger charge is -2.24. The summed E-state index contributed by atoms with van der Waals surface area (Å²) in [5.74, 6) is -1.05. The van der Waals surface area contributed by atoms with Gasteiger partial charge in [-0.3, -0.25) is 14.5 Å². The second kappa shape index (κ2) is 13.7. The van der Waals surface area contributed by atoms with E-state index in [0.29, 0.717) is 45.9 Å². The fraction of sp³-hybridized carbons (Fsp3) is 0.188. The van der Waals surface area contributed by atoms with E-state index >= 15 is 0 Å². The van der Waals surface area contributed by atoms with Gasteiger partial charge in [-0.2, -0.15) is 0 Å². The second-order valence-electron chi connectivity index (χ2n) is 9.25. The molecule has 220 valence electrons. The standard InChI is InChI=1S/C32H28FN3O5S2/c1-3-40-25-17-15-21(18-26(25)41-4-2)28-27(24(37)16-14-20-10-6-5-7-11-20)29(38)30(39)36(28)31-34-35-32(43-31)42-19-22-12-8-9-13-23(22)33/h5-18,28,38H,3-4,19H2,1-2H3. The molecule has 0 fully saturated rings. The van der Waals surface area contributed by atoms with E-state index in [-0.39, 0.29) is 16.5 Å². The molecule has 0 bridgehead atoms. The smallest absolute Gasteiger partial charge is 0.296 e. The van der Waals surface area contributed by atoms with Crippen LogP contribution in [0.3, 0.4) is 0 Å². The summed E-state index contributed by atoms with van der Waals surface area (Å²) in [7, 11) is 0. The molecule has 0 saturated heterocycles. The van der Waals surface area contributed by atoms with Crippen molar-refractivity contribution in [2.45, 2.75) is 30.0 Å². The first-order valence-corrected chi connectivity index (χ1v) is 15.3. The van der Waals surface area contributed by atoms with Crippen molar-refractivity contribution in [1.82, 2.24) is 10.2 Å². The Hall–Kier alpha value is -4.48. The molecular formula is C32H28FN3O5S2. The molecule has 1 aliphatic rings. The molecule has 1 aromatic heterocycles. The Morgan fingerprint density at radius 2 is 1.74 bits per heavy atom. The molecule has 3 aromatic carbocycles. The van der Waals surface area contributed by atoms with Gasteiger partial charge in [0.25, 0.3) is 5.91 Å². The van der Waals surface area contributed by atoms with Crippen LogP contribution in [0.2, 0.25) is 0 Å². The van der Waals surface area contributed by atoms with Gasteiger partial charge in [-0.1, -0.05) is 83.8 Å². The van der Waals surface area contributed by atoms with Crippen molar-refractivity contribution in [3.63, 3.8) is 0 Å². The molecule has 0 spiro atoms. The topological polar surface area (TPSA) is 102 Å². The number of ketones is 1. The zero-order chi connectivity index (χ0) is 30.3. The highest BCUT2D eigenvalue weighted by molar-refractivity contribution is 8.00. The molecule has 43 heavy (non-hydrogen) atoms. The van der Waals surface area contributed by atoms with Crippen LogP contribution in [0, 0.1) is 5.82 Å². The van der Waals surface area contributed by atoms with Gasteiger partial charge < -0.3 is 14.6 Å². The molecule has 8 nitrogen and oxygen atoms in total. The minimum absolute atomic E-state index is 0.0976. The number of aliphatic hydroxyl groups is 1. The van der Waals surface area contributed by atoms with Crippen LogP contribution in [-0.2, 0) is 15.3 Å². The van der Waals surface area contributed by atoms with Crippen LogP contribution in [-0.4, -0.2) is 40.2 Å². The van der Waals surface area contributed by atoms with Crippen LogP contribution in [0.4, 0.5) is 9.52 Å². The summed E-state index contributed by atoms with van der Waals surface area (Å²) < 4.78 is 26.1. The molecule has 1 N–H and O–H groups in total. The van der Waals surface area contributed by atoms with E-state index in [1.165, 1.54) is 28.8 Å². The number of hydrogen-bond donors (Lipinski definition) is 1. The normalized spacial score (nSPS) is 15.0. The lowest BCUT2D eigenvalue weighted by atomic mass is 9.95. The van der Waals surface area contributed by atoms with Crippen molar-refractivity contribution in [3.05, 3.63) is 113 Å². The van der Waals surface area contributed by atoms with Gasteiger partial charge in [0.05, 0.1) is 24.8 Å². The molecule has 11 heteroatoms. The number of hydrogen-bond acceptors (Lipinski definition) is 9. The van der Waals surface area contributed by atoms with Crippen molar-refractivity contribution in [2.75, 3.05) is 18.1 Å². The van der Waals surface area contributed by atoms with Crippen molar-refractivity contribution in [3.8, 4) is 11.5 Å². The molecule has 1 atom stereocenters. The second-order valence-corrected chi connectivity index (χ2v) is 11.4. The summed E-state index contributed by atoms with van der Waals surface area (Å²) in [5, 5.41) is 19.7. The highest BCUT2D eigenvalue weighted by Gasteiger charge is 2.45. The van der Waals surface area contributed by atoms with E-state index in [0.717, 1.165) is 16.9 Å². The average molecular weight is 618 g/mol. The Morgan fingerprint density at radius 1 is 1.02 bits per heavy atom. The van der Waals surface area contributed by atoms with Crippen molar-refractivity contribution >= 4 is 46.0 Å². The minimum Gasteiger partial charge on any atom is -0.503 e. The highest BCUT2D eigenvalue weighted by atomic mass is 32.2. The Labute approximate surface area is 256 Å². The number of anilines is 1. The molecule has 0 saturated carbocycles. The molecule has 1 amide bonds. The number of benzene rings is 3. The molecule has 2 heterocycles. The maximum atomic E-state index is 14.1. The first kappa shape index (κ1) is 30.0. The van der Waals surface area contributed by atoms with Gasteiger partial charge >= 0.3 is 0 Å². The monoisotopic (exact) mass is 617 g/mol. The van der Waals surface area contributed by atoms with Crippen LogP contribution in [0.25, 0.3) is 6.08 Å². The first-order valence-electron chi connectivity index (χ1n) is 13.5. The van der Waals surface area contributed by atoms with Crippen molar-refractivity contribution in [1.29, 1.82) is 0 Å². The van der Waals surface area contributed by atoms with Gasteiger partial charge in [0.2, 0.25) is 5.13 Å². The number of amides is 1. The number of carbonyl (C=O) groups is 2. The van der Waals surface area contributed by atoms with Gasteiger partial charge in [0.1, 0.15) is 5.82 Å². The Morgan fingerprint density at radius 3 is 2.49 bits per heavy atom. The number of rotatable bonds is 12. The summed E-state index contributed by atoms with van der Waals surface area (Å²) in [6.45, 7) is 4.47. The summed E-state index contributed by atoms with van der Waals surface area (Å²) in [4.78, 5) is 28.4. The maximum absolute atomic E-state index is 14.1. The van der Waals surface area contributed by atoms with Gasteiger partial charge in [0.15, 0.2) is 27.4 Å². The molecule has 4 aromatic rings. The van der Waals surface area contributed by atoms with Crippen LogP contribution >= 0.6 is 23.1 Å². The van der Waals surface area contributed by atoms with Crippen LogP contribution < -0.4 is 14.4 Å². The zero-order valence-corrected chi connectivity index (χ0v) is 25.0. The lowest BCUT2D eigenvalue weighted by Crippen LogP contribution is -2.31. The van der Waals surface area contributed by atoms with Crippen molar-refractivity contribution < 1.29 is 28.6 Å². The van der Waals surface area contributed by atoms with Crippen LogP contribution in [0.5, 0.6) is 11.5 Å². The quantitative estimate of drug-likeness (QED) is 0.104. The third-order valence-electron chi connectivity index (χ3n) is 6.49. The number of carbonyl (C=O) groups excluding carboxylic acids is 2. The van der Waals surface area contributed by atoms with Gasteiger partial charge in [0, 0.05) is 5.75 Å². The highest BCUT2D eigenvalue weighted by Crippen LogP contribution is 2.45. The number of thioether (sulfide) groups is 1. The van der Waals surface area contributed by atoms with Crippen LogP contribution in [0.1, 0.15) is 36.6 Å². The Balaban J connectivity index is 1.52. The van der Waals surface area contributed by atoms with Crippen molar-refractivity contribution in [2.24, 2.45) is 0 Å². The van der Waals surface area contributed by atoms with E-state index in [2.05, 4.69) is 10.2 Å². The number of halogens is 1. The third-order valence-corrected chi connectivity index (χ3v) is 8.60. The van der Waals surface area contributed by atoms with E-state index in [1.807, 2.05) is 44.2 Å².